The van der Waals surface area contributed by atoms with Crippen LogP contribution < -0.4 is 16.8 Å². The van der Waals surface area contributed by atoms with Gasteiger partial charge in [-0.2, -0.15) is 0 Å². The number of primary amides is 1. The zero-order valence-corrected chi connectivity index (χ0v) is 13.2. The smallest absolute Gasteiger partial charge is 0.261 e. The molecule has 19 heavy (non-hydrogen) atoms. The van der Waals surface area contributed by atoms with Gasteiger partial charge in [0.05, 0.1) is 16.3 Å². The predicted octanol–water partition coefficient (Wildman–Crippen LogP) is 0.998. The van der Waals surface area contributed by atoms with E-state index in [2.05, 4.69) is 5.32 Å². The van der Waals surface area contributed by atoms with Crippen molar-refractivity contribution in [3.8, 4) is 0 Å². The SMILES string of the molecule is CCS(=O)(=O)CCNc1sc(C(N)=O)c(N)c1SC. The molecule has 1 heterocycles. The fourth-order valence-corrected chi connectivity index (χ4v) is 4.01. The molecule has 0 unspecified atom stereocenters. The van der Waals surface area contributed by atoms with Crippen LogP contribution in [-0.2, 0) is 9.84 Å². The molecule has 9 heteroatoms. The lowest BCUT2D eigenvalue weighted by Crippen LogP contribution is -2.16. The van der Waals surface area contributed by atoms with Gasteiger partial charge < -0.3 is 16.8 Å². The fourth-order valence-electron chi connectivity index (χ4n) is 1.40. The maximum Gasteiger partial charge on any atom is 0.261 e. The molecule has 0 saturated heterocycles. The molecule has 0 fully saturated rings. The van der Waals surface area contributed by atoms with Crippen molar-refractivity contribution in [2.75, 3.05) is 35.4 Å². The van der Waals surface area contributed by atoms with E-state index in [-0.39, 0.29) is 18.1 Å². The second kappa shape index (κ2) is 6.49. The highest BCUT2D eigenvalue weighted by Crippen LogP contribution is 2.41. The molecule has 0 radical (unpaired) electrons. The zero-order chi connectivity index (χ0) is 14.6. The van der Waals surface area contributed by atoms with Crippen LogP contribution in [0.1, 0.15) is 16.6 Å². The van der Waals surface area contributed by atoms with E-state index in [9.17, 15) is 13.2 Å². The molecule has 1 aromatic rings. The highest BCUT2D eigenvalue weighted by molar-refractivity contribution is 7.99. The number of thioether (sulfide) groups is 1. The number of carbonyl (C=O) groups is 1. The van der Waals surface area contributed by atoms with Crippen LogP contribution in [0.25, 0.3) is 0 Å². The number of hydrogen-bond donors (Lipinski definition) is 3. The molecule has 108 valence electrons. The molecule has 6 nitrogen and oxygen atoms in total. The molecule has 1 amide bonds. The first kappa shape index (κ1) is 16.1. The predicted molar refractivity (Wildman–Crippen MR) is 81.8 cm³/mol. The van der Waals surface area contributed by atoms with Crippen LogP contribution in [-0.4, -0.2) is 38.6 Å². The van der Waals surface area contributed by atoms with Crippen molar-refractivity contribution in [2.24, 2.45) is 5.73 Å². The Balaban J connectivity index is 2.84. The van der Waals surface area contributed by atoms with Crippen LogP contribution in [0.15, 0.2) is 4.90 Å². The summed E-state index contributed by atoms with van der Waals surface area (Å²) in [7, 11) is -3.02. The standard InChI is InChI=1S/C10H17N3O3S3/c1-3-19(15,16)5-4-13-10-8(17-2)6(11)7(18-10)9(12)14/h13H,3-5,11H2,1-2H3,(H2,12,14). The molecule has 5 N–H and O–H groups in total. The largest absolute Gasteiger partial charge is 0.396 e. The molecule has 0 aliphatic rings. The lowest BCUT2D eigenvalue weighted by atomic mass is 10.4. The molecule has 0 bridgehead atoms. The summed E-state index contributed by atoms with van der Waals surface area (Å²) >= 11 is 2.54. The molecule has 0 aliphatic carbocycles. The molecule has 0 saturated carbocycles. The normalized spacial score (nSPS) is 11.5. The number of nitrogens with one attached hydrogen (secondary N) is 1. The Labute approximate surface area is 120 Å². The van der Waals surface area contributed by atoms with Gasteiger partial charge in [0.25, 0.3) is 5.91 Å². The Morgan fingerprint density at radius 3 is 2.58 bits per heavy atom. The summed E-state index contributed by atoms with van der Waals surface area (Å²) in [6.45, 7) is 1.89. The maximum atomic E-state index is 11.4. The van der Waals surface area contributed by atoms with Crippen LogP contribution in [0.2, 0.25) is 0 Å². The minimum atomic E-state index is -3.02. The van der Waals surface area contributed by atoms with Crippen LogP contribution in [0.4, 0.5) is 10.7 Å². The monoisotopic (exact) mass is 323 g/mol. The lowest BCUT2D eigenvalue weighted by molar-refractivity contribution is 0.100. The van der Waals surface area contributed by atoms with Crippen LogP contribution in [0.5, 0.6) is 0 Å². The molecular weight excluding hydrogens is 306 g/mol. The number of nitrogens with two attached hydrogens (primary N) is 2. The van der Waals surface area contributed by atoms with Crippen LogP contribution in [0.3, 0.4) is 0 Å². The molecule has 0 atom stereocenters. The Morgan fingerprint density at radius 1 is 1.47 bits per heavy atom. The van der Waals surface area contributed by atoms with E-state index in [0.29, 0.717) is 15.6 Å². The molecule has 0 aliphatic heterocycles. The first-order valence-electron chi connectivity index (χ1n) is 5.52. The fraction of sp³-hybridized carbons (Fsp3) is 0.500. The van der Waals surface area contributed by atoms with E-state index < -0.39 is 15.7 Å². The number of thiophene rings is 1. The van der Waals surface area contributed by atoms with Gasteiger partial charge in [-0.05, 0) is 6.26 Å². The quantitative estimate of drug-likeness (QED) is 0.645. The van der Waals surface area contributed by atoms with Crippen molar-refractivity contribution in [3.63, 3.8) is 0 Å². The summed E-state index contributed by atoms with van der Waals surface area (Å²) in [5.41, 5.74) is 11.4. The Hall–Kier alpha value is -0.930. The van der Waals surface area contributed by atoms with Crippen LogP contribution >= 0.6 is 23.1 Å². The van der Waals surface area contributed by atoms with Gasteiger partial charge in [-0.15, -0.1) is 23.1 Å². The van der Waals surface area contributed by atoms with Gasteiger partial charge in [0.1, 0.15) is 9.88 Å². The zero-order valence-electron chi connectivity index (χ0n) is 10.7. The van der Waals surface area contributed by atoms with E-state index in [1.165, 1.54) is 11.8 Å². The van der Waals surface area contributed by atoms with Gasteiger partial charge in [0, 0.05) is 12.3 Å². The van der Waals surface area contributed by atoms with Gasteiger partial charge in [-0.1, -0.05) is 6.92 Å². The van der Waals surface area contributed by atoms with Gasteiger partial charge in [-0.3, -0.25) is 4.79 Å². The van der Waals surface area contributed by atoms with Crippen LogP contribution in [0, 0.1) is 0 Å². The van der Waals surface area contributed by atoms with E-state index in [0.717, 1.165) is 16.2 Å². The maximum absolute atomic E-state index is 11.4. The molecule has 1 rings (SSSR count). The highest BCUT2D eigenvalue weighted by Gasteiger charge is 2.19. The summed E-state index contributed by atoms with van der Waals surface area (Å²) in [5, 5.41) is 3.69. The third-order valence-electron chi connectivity index (χ3n) is 2.47. The van der Waals surface area contributed by atoms with Crippen molar-refractivity contribution in [2.45, 2.75) is 11.8 Å². The average Bonchev–Trinajstić information content (AvgIpc) is 2.66. The summed E-state index contributed by atoms with van der Waals surface area (Å²) < 4.78 is 22.8. The van der Waals surface area contributed by atoms with Gasteiger partial charge in [-0.25, -0.2) is 8.42 Å². The number of sulfone groups is 1. The van der Waals surface area contributed by atoms with Crippen molar-refractivity contribution < 1.29 is 13.2 Å². The molecule has 1 aromatic heterocycles. The average molecular weight is 323 g/mol. The minimum Gasteiger partial charge on any atom is -0.396 e. The van der Waals surface area contributed by atoms with Crippen molar-refractivity contribution in [1.82, 2.24) is 0 Å². The second-order valence-corrected chi connectivity index (χ2v) is 8.04. The number of hydrogen-bond acceptors (Lipinski definition) is 7. The van der Waals surface area contributed by atoms with Gasteiger partial charge >= 0.3 is 0 Å². The molecule has 0 aromatic carbocycles. The Kier molecular flexibility index (Phi) is 5.50. The first-order valence-corrected chi connectivity index (χ1v) is 9.39. The Bertz CT molecular complexity index is 566. The first-order chi connectivity index (χ1) is 8.82. The lowest BCUT2D eigenvalue weighted by Gasteiger charge is -2.06. The molecular formula is C10H17N3O3S3. The third-order valence-corrected chi connectivity index (χ3v) is 6.31. The van der Waals surface area contributed by atoms with Crippen molar-refractivity contribution in [3.05, 3.63) is 4.88 Å². The number of nitrogen functional groups attached to an aromatic ring is 1. The summed E-state index contributed by atoms with van der Waals surface area (Å²) in [5.74, 6) is -0.420. The molecule has 0 spiro atoms. The topological polar surface area (TPSA) is 115 Å². The Morgan fingerprint density at radius 2 is 2.11 bits per heavy atom. The third kappa shape index (κ3) is 4.02. The summed E-state index contributed by atoms with van der Waals surface area (Å²) in [6, 6.07) is 0. The summed E-state index contributed by atoms with van der Waals surface area (Å²) in [6.07, 6.45) is 1.83. The van der Waals surface area contributed by atoms with Crippen molar-refractivity contribution in [1.29, 1.82) is 0 Å². The van der Waals surface area contributed by atoms with Crippen molar-refractivity contribution >= 4 is 49.5 Å². The number of rotatable bonds is 7. The highest BCUT2D eigenvalue weighted by atomic mass is 32.2. The van der Waals surface area contributed by atoms with E-state index in [1.54, 1.807) is 6.92 Å². The number of anilines is 2. The number of amides is 1. The van der Waals surface area contributed by atoms with Gasteiger partial charge in [0.15, 0.2) is 9.84 Å². The summed E-state index contributed by atoms with van der Waals surface area (Å²) in [4.78, 5) is 12.2. The van der Waals surface area contributed by atoms with E-state index in [1.807, 2.05) is 6.26 Å². The van der Waals surface area contributed by atoms with Gasteiger partial charge in [0.2, 0.25) is 0 Å². The van der Waals surface area contributed by atoms with E-state index >= 15 is 0 Å². The number of carbonyl (C=O) groups excluding carboxylic acids is 1. The second-order valence-electron chi connectivity index (χ2n) is 3.73. The minimum absolute atomic E-state index is 0.0427. The van der Waals surface area contributed by atoms with E-state index in [4.69, 9.17) is 11.5 Å².